The lowest BCUT2D eigenvalue weighted by molar-refractivity contribution is 0.881. The molecule has 6 rings (SSSR count). The van der Waals surface area contributed by atoms with Crippen LogP contribution in [0, 0.1) is 50.4 Å². The molecule has 0 amide bonds. The van der Waals surface area contributed by atoms with Crippen LogP contribution >= 0.6 is 0 Å². The predicted octanol–water partition coefficient (Wildman–Crippen LogP) is 6.20. The lowest BCUT2D eigenvalue weighted by atomic mass is 10.1. The van der Waals surface area contributed by atoms with E-state index >= 15 is 0 Å². The van der Waals surface area contributed by atoms with Gasteiger partial charge < -0.3 is 0 Å². The van der Waals surface area contributed by atoms with Crippen molar-refractivity contribution >= 4 is 0 Å². The summed E-state index contributed by atoms with van der Waals surface area (Å²) in [4.78, 5) is 0. The molecule has 10 nitrogen and oxygen atoms in total. The van der Waals surface area contributed by atoms with Crippen molar-refractivity contribution in [3.8, 4) is 23.5 Å². The fraction of sp³-hybridized carbons (Fsp3) is 0.176. The van der Waals surface area contributed by atoms with E-state index in [0.29, 0.717) is 12.2 Å². The van der Waals surface area contributed by atoms with E-state index in [1.54, 1.807) is 0 Å². The number of aromatic nitrogens is 8. The molecule has 0 spiro atoms. The summed E-state index contributed by atoms with van der Waals surface area (Å²) >= 11 is 0. The SMILES string of the molecule is Cc1ccc(-c2nn[nH]n2)cc1.Cc1ccc(C#N)cc1.Cc1ccc(CC#N)cc1.Cc1ccc(Cc2nn[nH]n2)cc1. The standard InChI is InChI=1S/C9H10N4.C9H9N.C8H8N4.C8H7N/c1-7-2-4-8(5-3-7)6-9-10-12-13-11-9;1-8-2-4-9(5-3-8)6-7-10;1-6-2-4-7(5-3-6)8-9-11-12-10-8;1-7-2-4-8(6-9)5-3-7/h2-5H,6H2,1H3,(H,10,11,12,13);2-5H,6H2,1H3;2-5H,1H3,(H,9,10,11,12);2-5H,1H3. The number of nitriles is 2. The number of hydrogen-bond acceptors (Lipinski definition) is 8. The molecule has 0 fully saturated rings. The summed E-state index contributed by atoms with van der Waals surface area (Å²) < 4.78 is 0. The van der Waals surface area contributed by atoms with Crippen LogP contribution in [0.4, 0.5) is 0 Å². The maximum Gasteiger partial charge on any atom is 0.204 e. The Bertz CT molecular complexity index is 1710. The number of nitrogens with one attached hydrogen (secondary N) is 2. The van der Waals surface area contributed by atoms with Crippen molar-refractivity contribution in [1.29, 1.82) is 10.5 Å². The number of H-pyrrole nitrogens is 2. The Morgan fingerprint density at radius 3 is 1.50 bits per heavy atom. The fourth-order valence-corrected chi connectivity index (χ4v) is 3.56. The van der Waals surface area contributed by atoms with Gasteiger partial charge in [-0.25, -0.2) is 0 Å². The zero-order valence-electron chi connectivity index (χ0n) is 25.2. The second-order valence-electron chi connectivity index (χ2n) is 9.89. The quantitative estimate of drug-likeness (QED) is 0.249. The third-order valence-electron chi connectivity index (χ3n) is 6.11. The minimum Gasteiger partial charge on any atom is -0.198 e. The van der Waals surface area contributed by atoms with Crippen LogP contribution in [0.1, 0.15) is 44.8 Å². The maximum atomic E-state index is 8.38. The normalized spacial score (nSPS) is 9.50. The molecule has 0 aliphatic carbocycles. The molecule has 0 atom stereocenters. The molecule has 0 radical (unpaired) electrons. The Hall–Kier alpha value is -6.00. The first-order valence-electron chi connectivity index (χ1n) is 13.8. The van der Waals surface area contributed by atoms with E-state index in [-0.39, 0.29) is 0 Å². The summed E-state index contributed by atoms with van der Waals surface area (Å²) in [5.74, 6) is 1.36. The van der Waals surface area contributed by atoms with Crippen LogP contribution in [0.15, 0.2) is 97.1 Å². The van der Waals surface area contributed by atoms with Gasteiger partial charge in [0.05, 0.1) is 24.1 Å². The number of aromatic amines is 2. The summed E-state index contributed by atoms with van der Waals surface area (Å²) in [7, 11) is 0. The molecule has 220 valence electrons. The molecule has 10 heteroatoms. The Kier molecular flexibility index (Phi) is 13.1. The van der Waals surface area contributed by atoms with Crippen LogP contribution in [-0.2, 0) is 12.8 Å². The molecular weight excluding hydrogens is 548 g/mol. The molecule has 0 saturated heterocycles. The summed E-state index contributed by atoms with van der Waals surface area (Å²) in [6.45, 7) is 8.15. The van der Waals surface area contributed by atoms with Crippen molar-refractivity contribution < 1.29 is 0 Å². The highest BCUT2D eigenvalue weighted by molar-refractivity contribution is 5.53. The number of tetrazole rings is 2. The van der Waals surface area contributed by atoms with Gasteiger partial charge in [-0.15, -0.1) is 20.4 Å². The summed E-state index contributed by atoms with van der Waals surface area (Å²) in [5, 5.41) is 44.1. The number of benzene rings is 4. The molecule has 44 heavy (non-hydrogen) atoms. The summed E-state index contributed by atoms with van der Waals surface area (Å²) in [6, 6.07) is 35.9. The van der Waals surface area contributed by atoms with Gasteiger partial charge in [-0.1, -0.05) is 112 Å². The zero-order valence-corrected chi connectivity index (χ0v) is 25.2. The summed E-state index contributed by atoms with van der Waals surface area (Å²) in [6.07, 6.45) is 1.25. The van der Waals surface area contributed by atoms with E-state index < -0.39 is 0 Å². The molecule has 0 aliphatic rings. The van der Waals surface area contributed by atoms with E-state index in [2.05, 4.69) is 84.6 Å². The Labute approximate surface area is 257 Å². The second kappa shape index (κ2) is 17.7. The largest absolute Gasteiger partial charge is 0.204 e. The van der Waals surface area contributed by atoms with Crippen LogP contribution < -0.4 is 0 Å². The zero-order chi connectivity index (χ0) is 31.6. The highest BCUT2D eigenvalue weighted by atomic mass is 15.5. The van der Waals surface area contributed by atoms with Crippen LogP contribution in [0.2, 0.25) is 0 Å². The van der Waals surface area contributed by atoms with Gasteiger partial charge >= 0.3 is 0 Å². The minimum absolute atomic E-state index is 0.514. The molecule has 6 aromatic rings. The van der Waals surface area contributed by atoms with Crippen LogP contribution in [0.25, 0.3) is 11.4 Å². The Morgan fingerprint density at radius 2 is 1.05 bits per heavy atom. The maximum absolute atomic E-state index is 8.38. The topological polar surface area (TPSA) is 156 Å². The van der Waals surface area contributed by atoms with Crippen LogP contribution in [-0.4, -0.2) is 41.2 Å². The molecule has 0 saturated carbocycles. The van der Waals surface area contributed by atoms with E-state index in [9.17, 15) is 0 Å². The van der Waals surface area contributed by atoms with Gasteiger partial charge in [-0.2, -0.15) is 21.0 Å². The van der Waals surface area contributed by atoms with Gasteiger partial charge in [0.25, 0.3) is 0 Å². The van der Waals surface area contributed by atoms with Crippen LogP contribution in [0.3, 0.4) is 0 Å². The van der Waals surface area contributed by atoms with Crippen molar-refractivity contribution in [2.45, 2.75) is 40.5 Å². The van der Waals surface area contributed by atoms with Crippen molar-refractivity contribution in [2.24, 2.45) is 0 Å². The average Bonchev–Trinajstić information content (AvgIpc) is 3.77. The number of nitrogens with zero attached hydrogens (tertiary/aromatic N) is 8. The second-order valence-corrected chi connectivity index (χ2v) is 9.89. The first kappa shape index (κ1) is 32.5. The van der Waals surface area contributed by atoms with Gasteiger partial charge in [0.15, 0.2) is 5.82 Å². The lowest BCUT2D eigenvalue weighted by Gasteiger charge is -1.96. The smallest absolute Gasteiger partial charge is 0.198 e. The third kappa shape index (κ3) is 11.9. The van der Waals surface area contributed by atoms with Gasteiger partial charge in [0.2, 0.25) is 5.82 Å². The van der Waals surface area contributed by atoms with Gasteiger partial charge in [-0.05, 0) is 56.2 Å². The van der Waals surface area contributed by atoms with Gasteiger partial charge in [-0.3, -0.25) is 0 Å². The van der Waals surface area contributed by atoms with Crippen molar-refractivity contribution in [2.75, 3.05) is 0 Å². The molecule has 4 aromatic carbocycles. The van der Waals surface area contributed by atoms with Gasteiger partial charge in [0, 0.05) is 12.0 Å². The van der Waals surface area contributed by atoms with E-state index in [0.717, 1.165) is 28.9 Å². The fourth-order valence-electron chi connectivity index (χ4n) is 3.56. The van der Waals surface area contributed by atoms with Crippen molar-refractivity contribution in [1.82, 2.24) is 41.2 Å². The molecule has 2 aromatic heterocycles. The van der Waals surface area contributed by atoms with Crippen LogP contribution in [0.5, 0.6) is 0 Å². The van der Waals surface area contributed by atoms with Gasteiger partial charge in [0.1, 0.15) is 0 Å². The van der Waals surface area contributed by atoms with E-state index in [1.807, 2.05) is 93.6 Å². The third-order valence-corrected chi connectivity index (χ3v) is 6.11. The molecule has 2 N–H and O–H groups in total. The molecular formula is C34H34N10. The minimum atomic E-state index is 0.514. The van der Waals surface area contributed by atoms with Crippen molar-refractivity contribution in [3.63, 3.8) is 0 Å². The highest BCUT2D eigenvalue weighted by Crippen LogP contribution is 2.13. The number of aryl methyl sites for hydroxylation is 4. The molecule has 0 unspecified atom stereocenters. The number of hydrogen-bond donors (Lipinski definition) is 2. The molecule has 0 bridgehead atoms. The summed E-state index contributed by atoms with van der Waals surface area (Å²) in [5.41, 5.74) is 8.91. The van der Waals surface area contributed by atoms with E-state index in [4.69, 9.17) is 10.5 Å². The van der Waals surface area contributed by atoms with Crippen molar-refractivity contribution in [3.05, 3.63) is 142 Å². The Balaban J connectivity index is 0.000000162. The Morgan fingerprint density at radius 1 is 0.568 bits per heavy atom. The monoisotopic (exact) mass is 582 g/mol. The molecule has 0 aliphatic heterocycles. The highest BCUT2D eigenvalue weighted by Gasteiger charge is 2.00. The lowest BCUT2D eigenvalue weighted by Crippen LogP contribution is -1.90. The first-order valence-corrected chi connectivity index (χ1v) is 13.8. The van der Waals surface area contributed by atoms with E-state index in [1.165, 1.54) is 27.8 Å². The number of rotatable bonds is 4. The molecule has 2 heterocycles. The average molecular weight is 583 g/mol. The first-order chi connectivity index (χ1) is 21.4. The predicted molar refractivity (Wildman–Crippen MR) is 169 cm³/mol.